The summed E-state index contributed by atoms with van der Waals surface area (Å²) in [5.41, 5.74) is 0.570. The van der Waals surface area contributed by atoms with Crippen LogP contribution in [0.5, 0.6) is 0 Å². The second-order valence-electron chi connectivity index (χ2n) is 5.75. The molecule has 0 aromatic heterocycles. The van der Waals surface area contributed by atoms with Crippen LogP contribution >= 0.6 is 11.6 Å². The average molecular weight is 299 g/mol. The topological polar surface area (TPSA) is 15.3 Å². The van der Waals surface area contributed by atoms with E-state index in [1.54, 1.807) is 12.1 Å². The fourth-order valence-electron chi connectivity index (χ4n) is 2.63. The number of benzene rings is 1. The summed E-state index contributed by atoms with van der Waals surface area (Å²) in [5.74, 6) is 0.655. The second kappa shape index (κ2) is 7.96. The van der Waals surface area contributed by atoms with Gasteiger partial charge in [-0.3, -0.25) is 0 Å². The highest BCUT2D eigenvalue weighted by atomic mass is 35.5. The molecule has 1 aromatic carbocycles. The first-order valence-corrected chi connectivity index (χ1v) is 7.90. The predicted octanol–water partition coefficient (Wildman–Crippen LogP) is 3.69. The van der Waals surface area contributed by atoms with Crippen molar-refractivity contribution in [2.75, 3.05) is 26.2 Å². The minimum Gasteiger partial charge on any atom is -0.312 e. The van der Waals surface area contributed by atoms with Crippen molar-refractivity contribution in [2.45, 2.75) is 32.7 Å². The summed E-state index contributed by atoms with van der Waals surface area (Å²) >= 11 is 5.99. The van der Waals surface area contributed by atoms with Crippen molar-refractivity contribution in [1.82, 2.24) is 10.2 Å². The standard InChI is InChI=1S/C16H24ClFN2/c1-13-6-10-20(11-7-13)9-3-8-19-12-14-15(17)4-2-5-16(14)18/h2,4-5,13,19H,3,6-12H2,1H3. The summed E-state index contributed by atoms with van der Waals surface area (Å²) in [6, 6.07) is 4.83. The third-order valence-electron chi connectivity index (χ3n) is 4.07. The van der Waals surface area contributed by atoms with Crippen LogP contribution in [0.3, 0.4) is 0 Å². The van der Waals surface area contributed by atoms with Gasteiger partial charge in [0, 0.05) is 17.1 Å². The van der Waals surface area contributed by atoms with Gasteiger partial charge in [-0.15, -0.1) is 0 Å². The average Bonchev–Trinajstić information content (AvgIpc) is 2.43. The van der Waals surface area contributed by atoms with E-state index in [4.69, 9.17) is 11.6 Å². The monoisotopic (exact) mass is 298 g/mol. The molecule has 0 radical (unpaired) electrons. The summed E-state index contributed by atoms with van der Waals surface area (Å²) in [4.78, 5) is 2.53. The minimum absolute atomic E-state index is 0.227. The molecule has 0 unspecified atom stereocenters. The number of likely N-dealkylation sites (tertiary alicyclic amines) is 1. The van der Waals surface area contributed by atoms with Gasteiger partial charge in [-0.1, -0.05) is 24.6 Å². The van der Waals surface area contributed by atoms with Crippen molar-refractivity contribution < 1.29 is 4.39 Å². The first kappa shape index (κ1) is 15.7. The van der Waals surface area contributed by atoms with E-state index in [-0.39, 0.29) is 5.82 Å². The number of hydrogen-bond donors (Lipinski definition) is 1. The Hall–Kier alpha value is -0.640. The predicted molar refractivity (Wildman–Crippen MR) is 82.6 cm³/mol. The molecular weight excluding hydrogens is 275 g/mol. The molecular formula is C16H24ClFN2. The van der Waals surface area contributed by atoms with Gasteiger partial charge in [0.1, 0.15) is 5.82 Å². The number of piperidine rings is 1. The van der Waals surface area contributed by atoms with Crippen LogP contribution in [0.4, 0.5) is 4.39 Å². The van der Waals surface area contributed by atoms with Crippen molar-refractivity contribution in [3.05, 3.63) is 34.6 Å². The zero-order valence-electron chi connectivity index (χ0n) is 12.2. The molecule has 1 saturated heterocycles. The van der Waals surface area contributed by atoms with Gasteiger partial charge < -0.3 is 10.2 Å². The van der Waals surface area contributed by atoms with E-state index in [0.29, 0.717) is 17.1 Å². The Bertz CT molecular complexity index is 397. The molecule has 0 spiro atoms. The molecule has 4 heteroatoms. The zero-order chi connectivity index (χ0) is 14.4. The van der Waals surface area contributed by atoms with E-state index in [0.717, 1.165) is 25.4 Å². The van der Waals surface area contributed by atoms with E-state index < -0.39 is 0 Å². The van der Waals surface area contributed by atoms with Crippen LogP contribution in [0.1, 0.15) is 31.7 Å². The number of nitrogens with zero attached hydrogens (tertiary/aromatic N) is 1. The largest absolute Gasteiger partial charge is 0.312 e. The normalized spacial score (nSPS) is 17.6. The number of rotatable bonds is 6. The summed E-state index contributed by atoms with van der Waals surface area (Å²) in [6.45, 7) is 7.31. The van der Waals surface area contributed by atoms with Crippen molar-refractivity contribution in [3.63, 3.8) is 0 Å². The number of nitrogens with one attached hydrogen (secondary N) is 1. The molecule has 1 fully saturated rings. The molecule has 0 aliphatic carbocycles. The summed E-state index contributed by atoms with van der Waals surface area (Å²) in [7, 11) is 0. The Balaban J connectivity index is 1.62. The van der Waals surface area contributed by atoms with Crippen LogP contribution in [0.15, 0.2) is 18.2 Å². The van der Waals surface area contributed by atoms with E-state index in [2.05, 4.69) is 17.1 Å². The van der Waals surface area contributed by atoms with E-state index in [1.165, 1.54) is 32.0 Å². The van der Waals surface area contributed by atoms with Gasteiger partial charge in [0.15, 0.2) is 0 Å². The molecule has 1 N–H and O–H groups in total. The Kier molecular flexibility index (Phi) is 6.27. The third kappa shape index (κ3) is 4.72. The van der Waals surface area contributed by atoms with Gasteiger partial charge >= 0.3 is 0 Å². The van der Waals surface area contributed by atoms with Crippen LogP contribution in [0.25, 0.3) is 0 Å². The van der Waals surface area contributed by atoms with Gasteiger partial charge in [-0.25, -0.2) is 4.39 Å². The van der Waals surface area contributed by atoms with Gasteiger partial charge in [0.05, 0.1) is 0 Å². The molecule has 1 aromatic rings. The SMILES string of the molecule is CC1CCN(CCCNCc2c(F)cccc2Cl)CC1. The van der Waals surface area contributed by atoms with Gasteiger partial charge in [0.25, 0.3) is 0 Å². The molecule has 0 amide bonds. The second-order valence-corrected chi connectivity index (χ2v) is 6.16. The molecule has 112 valence electrons. The molecule has 1 aliphatic heterocycles. The smallest absolute Gasteiger partial charge is 0.129 e. The Morgan fingerprint density at radius 1 is 1.35 bits per heavy atom. The molecule has 2 rings (SSSR count). The fourth-order valence-corrected chi connectivity index (χ4v) is 2.86. The van der Waals surface area contributed by atoms with Gasteiger partial charge in [-0.2, -0.15) is 0 Å². The Morgan fingerprint density at radius 3 is 2.80 bits per heavy atom. The first-order chi connectivity index (χ1) is 9.66. The molecule has 0 atom stereocenters. The Labute approximate surface area is 126 Å². The molecule has 20 heavy (non-hydrogen) atoms. The van der Waals surface area contributed by atoms with Crippen LogP contribution in [-0.4, -0.2) is 31.1 Å². The lowest BCUT2D eigenvalue weighted by Gasteiger charge is -2.30. The van der Waals surface area contributed by atoms with Crippen LogP contribution in [0, 0.1) is 11.7 Å². The summed E-state index contributed by atoms with van der Waals surface area (Å²) in [6.07, 6.45) is 3.73. The van der Waals surface area contributed by atoms with Gasteiger partial charge in [0.2, 0.25) is 0 Å². The zero-order valence-corrected chi connectivity index (χ0v) is 12.9. The quantitative estimate of drug-likeness (QED) is 0.806. The maximum Gasteiger partial charge on any atom is 0.129 e. The van der Waals surface area contributed by atoms with Crippen molar-refractivity contribution >= 4 is 11.6 Å². The first-order valence-electron chi connectivity index (χ1n) is 7.53. The van der Waals surface area contributed by atoms with Crippen LogP contribution in [0.2, 0.25) is 5.02 Å². The maximum atomic E-state index is 13.6. The lowest BCUT2D eigenvalue weighted by atomic mass is 9.99. The van der Waals surface area contributed by atoms with Crippen LogP contribution in [-0.2, 0) is 6.54 Å². The van der Waals surface area contributed by atoms with Crippen LogP contribution < -0.4 is 5.32 Å². The third-order valence-corrected chi connectivity index (χ3v) is 4.42. The van der Waals surface area contributed by atoms with E-state index >= 15 is 0 Å². The summed E-state index contributed by atoms with van der Waals surface area (Å²) in [5, 5.41) is 3.78. The molecule has 2 nitrogen and oxygen atoms in total. The lowest BCUT2D eigenvalue weighted by Crippen LogP contribution is -2.34. The minimum atomic E-state index is -0.227. The Morgan fingerprint density at radius 2 is 2.10 bits per heavy atom. The van der Waals surface area contributed by atoms with Gasteiger partial charge in [-0.05, 0) is 63.5 Å². The lowest BCUT2D eigenvalue weighted by molar-refractivity contribution is 0.190. The van der Waals surface area contributed by atoms with Crippen molar-refractivity contribution in [3.8, 4) is 0 Å². The molecule has 1 heterocycles. The number of halogens is 2. The highest BCUT2D eigenvalue weighted by molar-refractivity contribution is 6.31. The van der Waals surface area contributed by atoms with E-state index in [1.807, 2.05) is 0 Å². The van der Waals surface area contributed by atoms with E-state index in [9.17, 15) is 4.39 Å². The maximum absolute atomic E-state index is 13.6. The molecule has 1 aliphatic rings. The highest BCUT2D eigenvalue weighted by Crippen LogP contribution is 2.18. The van der Waals surface area contributed by atoms with Crippen molar-refractivity contribution in [2.24, 2.45) is 5.92 Å². The number of hydrogen-bond acceptors (Lipinski definition) is 2. The highest BCUT2D eigenvalue weighted by Gasteiger charge is 2.14. The fraction of sp³-hybridized carbons (Fsp3) is 0.625. The summed E-state index contributed by atoms with van der Waals surface area (Å²) < 4.78 is 13.6. The molecule has 0 bridgehead atoms. The van der Waals surface area contributed by atoms with Crippen molar-refractivity contribution in [1.29, 1.82) is 0 Å². The molecule has 0 saturated carbocycles.